The van der Waals surface area contributed by atoms with E-state index in [1.54, 1.807) is 0 Å². The summed E-state index contributed by atoms with van der Waals surface area (Å²) in [5.41, 5.74) is 9.83. The van der Waals surface area contributed by atoms with E-state index in [9.17, 15) is 9.59 Å². The SMILES string of the molecule is Cc1ccc(/C=N\NC(=O)C(N)=O)c(C)c1. The summed E-state index contributed by atoms with van der Waals surface area (Å²) >= 11 is 0. The van der Waals surface area contributed by atoms with E-state index < -0.39 is 11.8 Å². The molecule has 0 atom stereocenters. The molecule has 0 radical (unpaired) electrons. The number of hydrogen-bond acceptors (Lipinski definition) is 3. The Labute approximate surface area is 93.3 Å². The summed E-state index contributed by atoms with van der Waals surface area (Å²) in [6.07, 6.45) is 1.47. The van der Waals surface area contributed by atoms with Crippen LogP contribution in [-0.4, -0.2) is 18.0 Å². The molecule has 0 saturated heterocycles. The average molecular weight is 219 g/mol. The van der Waals surface area contributed by atoms with Gasteiger partial charge in [-0.15, -0.1) is 0 Å². The van der Waals surface area contributed by atoms with E-state index in [0.717, 1.165) is 16.7 Å². The maximum absolute atomic E-state index is 10.8. The first-order chi connectivity index (χ1) is 7.50. The molecule has 0 unspecified atom stereocenters. The monoisotopic (exact) mass is 219 g/mol. The lowest BCUT2D eigenvalue weighted by molar-refractivity contribution is -0.137. The number of benzene rings is 1. The largest absolute Gasteiger partial charge is 0.361 e. The Morgan fingerprint density at radius 2 is 2.06 bits per heavy atom. The number of hydrazone groups is 1. The lowest BCUT2D eigenvalue weighted by atomic mass is 10.1. The minimum absolute atomic E-state index is 0.871. The van der Waals surface area contributed by atoms with Crippen LogP contribution in [0.1, 0.15) is 16.7 Å². The fourth-order valence-electron chi connectivity index (χ4n) is 1.19. The van der Waals surface area contributed by atoms with Gasteiger partial charge in [-0.2, -0.15) is 5.10 Å². The molecule has 0 spiro atoms. The highest BCUT2D eigenvalue weighted by Gasteiger charge is 2.05. The van der Waals surface area contributed by atoms with E-state index in [1.165, 1.54) is 6.21 Å². The molecule has 1 rings (SSSR count). The number of rotatable bonds is 2. The van der Waals surface area contributed by atoms with Gasteiger partial charge in [0.1, 0.15) is 0 Å². The zero-order chi connectivity index (χ0) is 12.1. The highest BCUT2D eigenvalue weighted by Crippen LogP contribution is 2.07. The van der Waals surface area contributed by atoms with Gasteiger partial charge in [0.2, 0.25) is 0 Å². The lowest BCUT2D eigenvalue weighted by Crippen LogP contribution is -2.32. The molecule has 2 amide bonds. The van der Waals surface area contributed by atoms with Crippen LogP contribution >= 0.6 is 0 Å². The third-order valence-corrected chi connectivity index (χ3v) is 2.02. The summed E-state index contributed by atoms with van der Waals surface area (Å²) in [6, 6.07) is 5.81. The lowest BCUT2D eigenvalue weighted by Gasteiger charge is -2.00. The standard InChI is InChI=1S/C11H13N3O2/c1-7-3-4-9(8(2)5-7)6-13-14-11(16)10(12)15/h3-6H,1-2H3,(H2,12,15)(H,14,16)/b13-6-. The maximum Gasteiger partial charge on any atom is 0.329 e. The molecule has 0 aliphatic rings. The zero-order valence-corrected chi connectivity index (χ0v) is 9.15. The first-order valence-electron chi connectivity index (χ1n) is 4.71. The summed E-state index contributed by atoms with van der Waals surface area (Å²) in [7, 11) is 0. The van der Waals surface area contributed by atoms with Gasteiger partial charge < -0.3 is 5.73 Å². The van der Waals surface area contributed by atoms with Gasteiger partial charge in [-0.3, -0.25) is 9.59 Å². The van der Waals surface area contributed by atoms with Gasteiger partial charge in [-0.25, -0.2) is 5.43 Å². The smallest absolute Gasteiger partial charge is 0.329 e. The number of nitrogens with zero attached hydrogens (tertiary/aromatic N) is 1. The summed E-state index contributed by atoms with van der Waals surface area (Å²) in [5.74, 6) is -1.99. The summed E-state index contributed by atoms with van der Waals surface area (Å²) in [6.45, 7) is 3.92. The molecule has 5 heteroatoms. The van der Waals surface area contributed by atoms with E-state index in [1.807, 2.05) is 37.5 Å². The Morgan fingerprint density at radius 1 is 1.38 bits per heavy atom. The summed E-state index contributed by atoms with van der Waals surface area (Å²) in [5, 5.41) is 3.63. The van der Waals surface area contributed by atoms with Crippen LogP contribution in [-0.2, 0) is 9.59 Å². The predicted octanol–water partition coefficient (Wildman–Crippen LogP) is 0.239. The van der Waals surface area contributed by atoms with Crippen LogP contribution in [0.2, 0.25) is 0 Å². The van der Waals surface area contributed by atoms with Gasteiger partial charge in [0, 0.05) is 0 Å². The number of primary amides is 1. The van der Waals surface area contributed by atoms with Crippen LogP contribution in [0.3, 0.4) is 0 Å². The van der Waals surface area contributed by atoms with Crippen LogP contribution in [0.4, 0.5) is 0 Å². The average Bonchev–Trinajstić information content (AvgIpc) is 2.20. The molecule has 0 aromatic heterocycles. The first-order valence-corrected chi connectivity index (χ1v) is 4.71. The second kappa shape index (κ2) is 5.06. The number of aryl methyl sites for hydroxylation is 2. The van der Waals surface area contributed by atoms with Crippen LogP contribution in [0, 0.1) is 13.8 Å². The van der Waals surface area contributed by atoms with Gasteiger partial charge in [0.25, 0.3) is 0 Å². The van der Waals surface area contributed by atoms with Crippen LogP contribution in [0.15, 0.2) is 23.3 Å². The molecule has 0 aliphatic carbocycles. The summed E-state index contributed by atoms with van der Waals surface area (Å²) in [4.78, 5) is 21.2. The Bertz CT molecular complexity index is 453. The molecule has 0 bridgehead atoms. The second-order valence-electron chi connectivity index (χ2n) is 3.42. The number of carbonyl (C=O) groups excluding carboxylic acids is 2. The van der Waals surface area contributed by atoms with Crippen LogP contribution in [0.25, 0.3) is 0 Å². The van der Waals surface area contributed by atoms with Gasteiger partial charge in [0.15, 0.2) is 0 Å². The molecule has 5 nitrogen and oxygen atoms in total. The Morgan fingerprint density at radius 3 is 2.62 bits per heavy atom. The number of carbonyl (C=O) groups is 2. The van der Waals surface area contributed by atoms with Crippen molar-refractivity contribution in [2.24, 2.45) is 10.8 Å². The molecular formula is C11H13N3O2. The second-order valence-corrected chi connectivity index (χ2v) is 3.42. The van der Waals surface area contributed by atoms with Crippen molar-refractivity contribution in [2.75, 3.05) is 0 Å². The quantitative estimate of drug-likeness (QED) is 0.424. The fraction of sp³-hybridized carbons (Fsp3) is 0.182. The van der Waals surface area contributed by atoms with E-state index in [-0.39, 0.29) is 0 Å². The molecule has 3 N–H and O–H groups in total. The van der Waals surface area contributed by atoms with Crippen molar-refractivity contribution in [1.29, 1.82) is 0 Å². The minimum atomic E-state index is -1.06. The third-order valence-electron chi connectivity index (χ3n) is 2.02. The van der Waals surface area contributed by atoms with Crippen LogP contribution < -0.4 is 11.2 Å². The maximum atomic E-state index is 10.8. The number of hydrogen-bond donors (Lipinski definition) is 2. The van der Waals surface area contributed by atoms with E-state index >= 15 is 0 Å². The van der Waals surface area contributed by atoms with Gasteiger partial charge in [-0.05, 0) is 25.0 Å². The molecule has 1 aromatic rings. The molecule has 0 fully saturated rings. The molecule has 84 valence electrons. The normalized spacial score (nSPS) is 10.4. The minimum Gasteiger partial charge on any atom is -0.361 e. The highest BCUT2D eigenvalue weighted by atomic mass is 16.2. The molecule has 0 heterocycles. The molecule has 16 heavy (non-hydrogen) atoms. The highest BCUT2D eigenvalue weighted by molar-refractivity contribution is 6.34. The van der Waals surface area contributed by atoms with Gasteiger partial charge >= 0.3 is 11.8 Å². The van der Waals surface area contributed by atoms with Crippen molar-refractivity contribution >= 4 is 18.0 Å². The van der Waals surface area contributed by atoms with Crippen molar-refractivity contribution in [2.45, 2.75) is 13.8 Å². The van der Waals surface area contributed by atoms with Crippen molar-refractivity contribution < 1.29 is 9.59 Å². The topological polar surface area (TPSA) is 84.6 Å². The zero-order valence-electron chi connectivity index (χ0n) is 9.15. The molecule has 0 saturated carbocycles. The summed E-state index contributed by atoms with van der Waals surface area (Å²) < 4.78 is 0. The van der Waals surface area contributed by atoms with Crippen LogP contribution in [0.5, 0.6) is 0 Å². The first kappa shape index (κ1) is 11.9. The van der Waals surface area contributed by atoms with E-state index in [2.05, 4.69) is 5.10 Å². The fourth-order valence-corrected chi connectivity index (χ4v) is 1.19. The predicted molar refractivity (Wildman–Crippen MR) is 60.8 cm³/mol. The van der Waals surface area contributed by atoms with Crippen molar-refractivity contribution in [3.05, 3.63) is 34.9 Å². The van der Waals surface area contributed by atoms with Gasteiger partial charge in [-0.1, -0.05) is 23.8 Å². The molecular weight excluding hydrogens is 206 g/mol. The number of amides is 2. The number of nitrogens with two attached hydrogens (primary N) is 1. The molecule has 1 aromatic carbocycles. The Kier molecular flexibility index (Phi) is 3.77. The van der Waals surface area contributed by atoms with Crippen molar-refractivity contribution in [1.82, 2.24) is 5.43 Å². The number of nitrogens with one attached hydrogen (secondary N) is 1. The van der Waals surface area contributed by atoms with Gasteiger partial charge in [0.05, 0.1) is 6.21 Å². The Balaban J connectivity index is 2.70. The molecule has 0 aliphatic heterocycles. The Hall–Kier alpha value is -2.17. The third kappa shape index (κ3) is 3.20. The van der Waals surface area contributed by atoms with E-state index in [4.69, 9.17) is 5.73 Å². The van der Waals surface area contributed by atoms with Crippen molar-refractivity contribution in [3.8, 4) is 0 Å². The van der Waals surface area contributed by atoms with E-state index in [0.29, 0.717) is 0 Å². The van der Waals surface area contributed by atoms with Crippen molar-refractivity contribution in [3.63, 3.8) is 0 Å².